The van der Waals surface area contributed by atoms with Crippen LogP contribution >= 0.6 is 0 Å². The van der Waals surface area contributed by atoms with Crippen LogP contribution in [0.4, 0.5) is 0 Å². The highest BCUT2D eigenvalue weighted by atomic mass is 16.3. The third-order valence-corrected chi connectivity index (χ3v) is 8.28. The Morgan fingerprint density at radius 1 is 1.05 bits per heavy atom. The average Bonchev–Trinajstić information content (AvgIpc) is 2.82. The second kappa shape index (κ2) is 5.11. The molecule has 0 radical (unpaired) electrons. The molecule has 7 atom stereocenters. The number of aliphatic hydroxyl groups excluding tert-OH is 1. The minimum absolute atomic E-state index is 0.428. The zero-order valence-corrected chi connectivity index (χ0v) is 13.7. The molecule has 21 heavy (non-hydrogen) atoms. The van der Waals surface area contributed by atoms with Crippen LogP contribution in [0.25, 0.3) is 0 Å². The minimum Gasteiger partial charge on any atom is -0.396 e. The Bertz CT molecular complexity index is 428. The van der Waals surface area contributed by atoms with Crippen LogP contribution in [0.3, 0.4) is 0 Å². The summed E-state index contributed by atoms with van der Waals surface area (Å²) in [4.78, 5) is 0. The van der Waals surface area contributed by atoms with Crippen LogP contribution in [0.5, 0.6) is 0 Å². The van der Waals surface area contributed by atoms with E-state index in [1.807, 2.05) is 0 Å². The Morgan fingerprint density at radius 2 is 1.86 bits per heavy atom. The lowest BCUT2D eigenvalue weighted by atomic mass is 9.50. The summed E-state index contributed by atoms with van der Waals surface area (Å²) < 4.78 is 0. The SMILES string of the molecule is C=C1CCC2C3CCC4CC(CO)CCC4C3CCC12C. The zero-order valence-electron chi connectivity index (χ0n) is 13.7. The van der Waals surface area contributed by atoms with Gasteiger partial charge in [-0.25, -0.2) is 0 Å². The molecule has 4 saturated carbocycles. The van der Waals surface area contributed by atoms with E-state index in [0.29, 0.717) is 17.9 Å². The van der Waals surface area contributed by atoms with E-state index in [-0.39, 0.29) is 0 Å². The number of allylic oxidation sites excluding steroid dienone is 1. The van der Waals surface area contributed by atoms with Gasteiger partial charge in [0.1, 0.15) is 0 Å². The second-order valence-corrected chi connectivity index (χ2v) is 8.90. The van der Waals surface area contributed by atoms with Crippen molar-refractivity contribution in [2.75, 3.05) is 6.61 Å². The molecule has 0 aliphatic heterocycles. The maximum Gasteiger partial charge on any atom is 0.0459 e. The van der Waals surface area contributed by atoms with Crippen molar-refractivity contribution in [2.45, 2.75) is 64.7 Å². The number of aliphatic hydroxyl groups is 1. The molecule has 0 aromatic carbocycles. The van der Waals surface area contributed by atoms with Gasteiger partial charge in [-0.15, -0.1) is 0 Å². The number of hydrogen-bond donors (Lipinski definition) is 1. The maximum atomic E-state index is 9.49. The Balaban J connectivity index is 1.54. The molecular weight excluding hydrogens is 256 g/mol. The van der Waals surface area contributed by atoms with Crippen LogP contribution in [0.1, 0.15) is 64.7 Å². The lowest BCUT2D eigenvalue weighted by Gasteiger charge is -2.55. The summed E-state index contributed by atoms with van der Waals surface area (Å²) in [5.41, 5.74) is 2.05. The summed E-state index contributed by atoms with van der Waals surface area (Å²) in [5, 5.41) is 9.49. The Labute approximate surface area is 130 Å². The molecule has 1 nitrogen and oxygen atoms in total. The van der Waals surface area contributed by atoms with E-state index in [0.717, 1.165) is 29.6 Å². The first-order valence-corrected chi connectivity index (χ1v) is 9.42. The van der Waals surface area contributed by atoms with E-state index in [4.69, 9.17) is 0 Å². The van der Waals surface area contributed by atoms with Crippen LogP contribution in [-0.4, -0.2) is 11.7 Å². The molecular formula is C20H32O. The summed E-state index contributed by atoms with van der Waals surface area (Å²) in [5.74, 6) is 5.49. The highest BCUT2D eigenvalue weighted by Crippen LogP contribution is 2.63. The molecule has 0 amide bonds. The normalized spacial score (nSPS) is 53.0. The lowest BCUT2D eigenvalue weighted by Crippen LogP contribution is -2.47. The van der Waals surface area contributed by atoms with Crippen molar-refractivity contribution in [3.63, 3.8) is 0 Å². The quantitative estimate of drug-likeness (QED) is 0.687. The van der Waals surface area contributed by atoms with Crippen molar-refractivity contribution in [3.8, 4) is 0 Å². The molecule has 118 valence electrons. The average molecular weight is 288 g/mol. The Morgan fingerprint density at radius 3 is 2.67 bits per heavy atom. The van der Waals surface area contributed by atoms with Gasteiger partial charge in [0.25, 0.3) is 0 Å². The first kappa shape index (κ1) is 14.3. The van der Waals surface area contributed by atoms with Crippen molar-refractivity contribution in [2.24, 2.45) is 40.9 Å². The van der Waals surface area contributed by atoms with Gasteiger partial charge < -0.3 is 5.11 Å². The number of hydrogen-bond acceptors (Lipinski definition) is 1. The van der Waals surface area contributed by atoms with Crippen LogP contribution in [-0.2, 0) is 0 Å². The zero-order chi connectivity index (χ0) is 14.6. The first-order chi connectivity index (χ1) is 10.1. The molecule has 4 rings (SSSR count). The Hall–Kier alpha value is -0.300. The molecule has 1 N–H and O–H groups in total. The first-order valence-electron chi connectivity index (χ1n) is 9.42. The number of rotatable bonds is 1. The van der Waals surface area contributed by atoms with Gasteiger partial charge in [-0.1, -0.05) is 19.1 Å². The van der Waals surface area contributed by atoms with Crippen LogP contribution in [0.15, 0.2) is 12.2 Å². The third-order valence-electron chi connectivity index (χ3n) is 8.28. The van der Waals surface area contributed by atoms with Gasteiger partial charge in [0.15, 0.2) is 0 Å². The smallest absolute Gasteiger partial charge is 0.0459 e. The van der Waals surface area contributed by atoms with Gasteiger partial charge in [-0.3, -0.25) is 0 Å². The molecule has 7 unspecified atom stereocenters. The van der Waals surface area contributed by atoms with Crippen LogP contribution < -0.4 is 0 Å². The second-order valence-electron chi connectivity index (χ2n) is 8.90. The van der Waals surface area contributed by atoms with Crippen molar-refractivity contribution < 1.29 is 5.11 Å². The fraction of sp³-hybridized carbons (Fsp3) is 0.900. The molecule has 0 saturated heterocycles. The van der Waals surface area contributed by atoms with Gasteiger partial charge in [-0.05, 0) is 98.7 Å². The summed E-state index contributed by atoms with van der Waals surface area (Å²) in [6.07, 6.45) is 12.5. The molecule has 0 aromatic heterocycles. The topological polar surface area (TPSA) is 20.2 Å². The largest absolute Gasteiger partial charge is 0.396 e. The van der Waals surface area contributed by atoms with Gasteiger partial charge in [0.2, 0.25) is 0 Å². The molecule has 0 aromatic rings. The highest BCUT2D eigenvalue weighted by Gasteiger charge is 2.54. The van der Waals surface area contributed by atoms with Crippen LogP contribution in [0, 0.1) is 40.9 Å². The van der Waals surface area contributed by atoms with E-state index in [1.165, 1.54) is 57.8 Å². The lowest BCUT2D eigenvalue weighted by molar-refractivity contribution is -0.0520. The van der Waals surface area contributed by atoms with E-state index >= 15 is 0 Å². The minimum atomic E-state index is 0.428. The van der Waals surface area contributed by atoms with Gasteiger partial charge in [0.05, 0.1) is 0 Å². The van der Waals surface area contributed by atoms with Crippen molar-refractivity contribution in [1.82, 2.24) is 0 Å². The van der Waals surface area contributed by atoms with E-state index in [9.17, 15) is 5.11 Å². The Kier molecular flexibility index (Phi) is 3.48. The molecule has 0 heterocycles. The van der Waals surface area contributed by atoms with E-state index in [1.54, 1.807) is 5.57 Å². The summed E-state index contributed by atoms with van der Waals surface area (Å²) in [6, 6.07) is 0. The fourth-order valence-electron chi connectivity index (χ4n) is 7.02. The maximum absolute atomic E-state index is 9.49. The monoisotopic (exact) mass is 288 g/mol. The van der Waals surface area contributed by atoms with Crippen molar-refractivity contribution >= 4 is 0 Å². The summed E-state index contributed by atoms with van der Waals surface area (Å²) >= 11 is 0. The van der Waals surface area contributed by atoms with Crippen molar-refractivity contribution in [1.29, 1.82) is 0 Å². The summed E-state index contributed by atoms with van der Waals surface area (Å²) in [6.45, 7) is 7.38. The van der Waals surface area contributed by atoms with Gasteiger partial charge in [-0.2, -0.15) is 0 Å². The molecule has 4 aliphatic carbocycles. The molecule has 0 bridgehead atoms. The van der Waals surface area contributed by atoms with E-state index < -0.39 is 0 Å². The standard InChI is InChI=1S/C20H32O/c1-13-3-8-19-18-7-5-15-11-14(12-21)4-6-16(15)17(18)9-10-20(13,19)2/h14-19,21H,1,3-12H2,2H3. The highest BCUT2D eigenvalue weighted by molar-refractivity contribution is 5.20. The predicted molar refractivity (Wildman–Crippen MR) is 86.8 cm³/mol. The van der Waals surface area contributed by atoms with Gasteiger partial charge in [0, 0.05) is 6.61 Å². The van der Waals surface area contributed by atoms with E-state index in [2.05, 4.69) is 13.5 Å². The van der Waals surface area contributed by atoms with Gasteiger partial charge >= 0.3 is 0 Å². The molecule has 4 fully saturated rings. The molecule has 4 aliphatic rings. The number of fused-ring (bicyclic) bond motifs is 5. The van der Waals surface area contributed by atoms with Crippen molar-refractivity contribution in [3.05, 3.63) is 12.2 Å². The fourth-order valence-corrected chi connectivity index (χ4v) is 7.02. The predicted octanol–water partition coefficient (Wildman–Crippen LogP) is 4.80. The molecule has 0 spiro atoms. The van der Waals surface area contributed by atoms with Crippen LogP contribution in [0.2, 0.25) is 0 Å². The summed E-state index contributed by atoms with van der Waals surface area (Å²) in [7, 11) is 0. The molecule has 1 heteroatoms. The third kappa shape index (κ3) is 2.06.